The van der Waals surface area contributed by atoms with Crippen molar-refractivity contribution in [1.29, 1.82) is 0 Å². The van der Waals surface area contributed by atoms with Crippen LogP contribution in [0, 0.1) is 0 Å². The highest BCUT2D eigenvalue weighted by Crippen LogP contribution is 2.35. The van der Waals surface area contributed by atoms with Gasteiger partial charge >= 0.3 is 5.97 Å². The third-order valence-corrected chi connectivity index (χ3v) is 4.99. The second-order valence-electron chi connectivity index (χ2n) is 7.25. The Balaban J connectivity index is 1.56. The Morgan fingerprint density at radius 3 is 2.67 bits per heavy atom. The summed E-state index contributed by atoms with van der Waals surface area (Å²) < 4.78 is 26.5. The van der Waals surface area contributed by atoms with Gasteiger partial charge in [0.2, 0.25) is 5.43 Å². The Morgan fingerprint density at radius 1 is 1.15 bits per heavy atom. The number of aromatic hydroxyl groups is 1. The molecule has 3 aromatic rings. The van der Waals surface area contributed by atoms with Crippen molar-refractivity contribution >= 4 is 22.8 Å². The predicted molar refractivity (Wildman–Crippen MR) is 116 cm³/mol. The van der Waals surface area contributed by atoms with E-state index >= 15 is 0 Å². The molecule has 1 atom stereocenters. The van der Waals surface area contributed by atoms with Crippen LogP contribution in [0.25, 0.3) is 22.1 Å². The average molecular weight is 455 g/mol. The number of hydrogen-bond donors (Lipinski definition) is 2. The van der Waals surface area contributed by atoms with Gasteiger partial charge in [-0.1, -0.05) is 6.07 Å². The summed E-state index contributed by atoms with van der Waals surface area (Å²) in [6, 6.07) is 6.85. The van der Waals surface area contributed by atoms with E-state index < -0.39 is 30.0 Å². The van der Waals surface area contributed by atoms with Crippen LogP contribution in [0.4, 0.5) is 0 Å². The van der Waals surface area contributed by atoms with E-state index in [0.717, 1.165) is 0 Å². The fourth-order valence-electron chi connectivity index (χ4n) is 3.37. The number of nitrogens with one attached hydrogen (secondary N) is 1. The number of carbonyl (C=O) groups excluding carboxylic acids is 2. The number of methoxy groups -OCH3 is 1. The molecule has 4 rings (SSSR count). The molecule has 10 nitrogen and oxygen atoms in total. The number of rotatable bonds is 6. The molecule has 0 saturated carbocycles. The number of phenolic OH excluding ortho intramolecular Hbond substituents is 1. The third kappa shape index (κ3) is 4.54. The Labute approximate surface area is 187 Å². The predicted octanol–water partition coefficient (Wildman–Crippen LogP) is 1.99. The fourth-order valence-corrected chi connectivity index (χ4v) is 3.37. The van der Waals surface area contributed by atoms with E-state index in [1.165, 1.54) is 32.4 Å². The standard InChI is InChI=1S/C23H21NO9/c1-12(23(28)29-2)24-20(26)11-32-14-8-16(25)21-19(9-14)33-10-15(22(21)27)13-3-4-17-18(7-13)31-6-5-30-17/h3-4,7-10,12,25H,5-6,11H2,1-2H3,(H,24,26). The maximum Gasteiger partial charge on any atom is 0.328 e. The molecular weight excluding hydrogens is 434 g/mol. The number of fused-ring (bicyclic) bond motifs is 2. The summed E-state index contributed by atoms with van der Waals surface area (Å²) in [6.07, 6.45) is 1.28. The summed E-state index contributed by atoms with van der Waals surface area (Å²) in [7, 11) is 1.21. The van der Waals surface area contributed by atoms with Gasteiger partial charge in [0.25, 0.3) is 5.91 Å². The summed E-state index contributed by atoms with van der Waals surface area (Å²) in [5, 5.41) is 12.9. The molecule has 2 aromatic carbocycles. The lowest BCUT2D eigenvalue weighted by Gasteiger charge is -2.18. The van der Waals surface area contributed by atoms with Crippen molar-refractivity contribution < 1.29 is 38.1 Å². The van der Waals surface area contributed by atoms with Gasteiger partial charge in [0.05, 0.1) is 12.7 Å². The summed E-state index contributed by atoms with van der Waals surface area (Å²) in [5.74, 6) is -0.309. The molecule has 1 amide bonds. The van der Waals surface area contributed by atoms with E-state index in [1.807, 2.05) is 0 Å². The molecule has 0 aliphatic carbocycles. The summed E-state index contributed by atoms with van der Waals surface area (Å²) >= 11 is 0. The zero-order valence-corrected chi connectivity index (χ0v) is 17.9. The van der Waals surface area contributed by atoms with E-state index in [-0.39, 0.29) is 28.0 Å². The van der Waals surface area contributed by atoms with Crippen LogP contribution < -0.4 is 25.0 Å². The topological polar surface area (TPSA) is 134 Å². The van der Waals surface area contributed by atoms with Gasteiger partial charge in [-0.05, 0) is 24.6 Å². The minimum atomic E-state index is -0.840. The van der Waals surface area contributed by atoms with Gasteiger partial charge < -0.3 is 33.8 Å². The van der Waals surface area contributed by atoms with Crippen molar-refractivity contribution in [3.05, 3.63) is 46.8 Å². The first kappa shape index (κ1) is 22.0. The molecule has 2 heterocycles. The van der Waals surface area contributed by atoms with Crippen LogP contribution in [-0.4, -0.2) is 50.0 Å². The molecule has 33 heavy (non-hydrogen) atoms. The third-order valence-electron chi connectivity index (χ3n) is 4.99. The molecule has 1 unspecified atom stereocenters. The van der Waals surface area contributed by atoms with Crippen LogP contribution in [0.15, 0.2) is 45.8 Å². The van der Waals surface area contributed by atoms with Crippen LogP contribution in [-0.2, 0) is 14.3 Å². The van der Waals surface area contributed by atoms with Crippen molar-refractivity contribution in [2.75, 3.05) is 26.9 Å². The second-order valence-corrected chi connectivity index (χ2v) is 7.25. The lowest BCUT2D eigenvalue weighted by molar-refractivity contribution is -0.144. The molecule has 1 aromatic heterocycles. The van der Waals surface area contributed by atoms with Crippen molar-refractivity contribution in [3.8, 4) is 34.1 Å². The van der Waals surface area contributed by atoms with E-state index in [0.29, 0.717) is 30.3 Å². The molecular formula is C23H21NO9. The Hall–Kier alpha value is -4.21. The van der Waals surface area contributed by atoms with Gasteiger partial charge in [-0.2, -0.15) is 0 Å². The normalized spacial score (nSPS) is 13.3. The maximum absolute atomic E-state index is 13.1. The zero-order valence-electron chi connectivity index (χ0n) is 17.9. The average Bonchev–Trinajstić information content (AvgIpc) is 2.81. The molecule has 172 valence electrons. The van der Waals surface area contributed by atoms with E-state index in [9.17, 15) is 19.5 Å². The number of hydrogen-bond acceptors (Lipinski definition) is 9. The lowest BCUT2D eigenvalue weighted by atomic mass is 10.0. The highest BCUT2D eigenvalue weighted by atomic mass is 16.6. The fraction of sp³-hybridized carbons (Fsp3) is 0.261. The molecule has 2 N–H and O–H groups in total. The van der Waals surface area contributed by atoms with Crippen molar-refractivity contribution in [3.63, 3.8) is 0 Å². The quantitative estimate of drug-likeness (QED) is 0.535. The number of carbonyl (C=O) groups is 2. The molecule has 1 aliphatic rings. The Kier molecular flexibility index (Phi) is 6.07. The van der Waals surface area contributed by atoms with E-state index in [1.54, 1.807) is 18.2 Å². The first-order chi connectivity index (χ1) is 15.9. The number of esters is 1. The van der Waals surface area contributed by atoms with Crippen molar-refractivity contribution in [2.24, 2.45) is 0 Å². The van der Waals surface area contributed by atoms with Crippen LogP contribution in [0.5, 0.6) is 23.0 Å². The number of phenols is 1. The summed E-state index contributed by atoms with van der Waals surface area (Å²) in [4.78, 5) is 36.4. The molecule has 0 saturated heterocycles. The van der Waals surface area contributed by atoms with Gasteiger partial charge in [0, 0.05) is 12.1 Å². The highest BCUT2D eigenvalue weighted by Gasteiger charge is 2.19. The molecule has 10 heteroatoms. The molecule has 0 radical (unpaired) electrons. The van der Waals surface area contributed by atoms with Crippen LogP contribution in [0.3, 0.4) is 0 Å². The Bertz CT molecular complexity index is 1280. The minimum absolute atomic E-state index is 0.0292. The van der Waals surface area contributed by atoms with Crippen LogP contribution in [0.1, 0.15) is 6.92 Å². The smallest absolute Gasteiger partial charge is 0.328 e. The maximum atomic E-state index is 13.1. The SMILES string of the molecule is COC(=O)C(C)NC(=O)COc1cc(O)c2c(=O)c(-c3ccc4c(c3)OCCO4)coc2c1. The zero-order chi connectivity index (χ0) is 23.5. The number of benzene rings is 2. The van der Waals surface area contributed by atoms with Crippen molar-refractivity contribution in [1.82, 2.24) is 5.32 Å². The molecule has 0 spiro atoms. The van der Waals surface area contributed by atoms with Gasteiger partial charge in [0.15, 0.2) is 18.1 Å². The minimum Gasteiger partial charge on any atom is -0.507 e. The van der Waals surface area contributed by atoms with Crippen molar-refractivity contribution in [2.45, 2.75) is 13.0 Å². The Morgan fingerprint density at radius 2 is 1.91 bits per heavy atom. The van der Waals surface area contributed by atoms with Gasteiger partial charge in [0.1, 0.15) is 48.0 Å². The largest absolute Gasteiger partial charge is 0.507 e. The summed E-state index contributed by atoms with van der Waals surface area (Å²) in [5.41, 5.74) is 0.423. The second kappa shape index (κ2) is 9.11. The first-order valence-electron chi connectivity index (χ1n) is 10.1. The van der Waals surface area contributed by atoms with E-state index in [2.05, 4.69) is 10.1 Å². The number of ether oxygens (including phenoxy) is 4. The molecule has 0 fully saturated rings. The van der Waals surface area contributed by atoms with Crippen LogP contribution >= 0.6 is 0 Å². The van der Waals surface area contributed by atoms with Gasteiger partial charge in [-0.25, -0.2) is 4.79 Å². The number of amides is 1. The molecule has 0 bridgehead atoms. The lowest BCUT2D eigenvalue weighted by Crippen LogP contribution is -2.41. The highest BCUT2D eigenvalue weighted by molar-refractivity contribution is 5.88. The van der Waals surface area contributed by atoms with E-state index in [4.69, 9.17) is 18.6 Å². The van der Waals surface area contributed by atoms with Gasteiger partial charge in [-0.15, -0.1) is 0 Å². The van der Waals surface area contributed by atoms with Gasteiger partial charge in [-0.3, -0.25) is 9.59 Å². The first-order valence-corrected chi connectivity index (χ1v) is 10.1. The summed E-state index contributed by atoms with van der Waals surface area (Å²) in [6.45, 7) is 1.91. The molecule has 1 aliphatic heterocycles. The van der Waals surface area contributed by atoms with Crippen LogP contribution in [0.2, 0.25) is 0 Å². The monoisotopic (exact) mass is 455 g/mol.